The lowest BCUT2D eigenvalue weighted by atomic mass is 9.78. The van der Waals surface area contributed by atoms with Crippen LogP contribution in [-0.2, 0) is 14.3 Å². The Kier molecular flexibility index (Phi) is 5.91. The van der Waals surface area contributed by atoms with Crippen molar-refractivity contribution in [1.29, 1.82) is 0 Å². The SMILES string of the molecule is CC(C)(C)[C@@H]1OCCC[C@H]1CNC(=O)[C@@H]1CCN(c2ccc3c(c2)OCCO3)C1=O. The predicted molar refractivity (Wildman–Crippen MR) is 113 cm³/mol. The van der Waals surface area contributed by atoms with E-state index in [1.165, 1.54) is 0 Å². The number of carbonyl (C=O) groups excluding carboxylic acids is 2. The Morgan fingerprint density at radius 3 is 2.67 bits per heavy atom. The second-order valence-corrected chi connectivity index (χ2v) is 9.46. The summed E-state index contributed by atoms with van der Waals surface area (Å²) in [5, 5.41) is 3.04. The summed E-state index contributed by atoms with van der Waals surface area (Å²) in [6.07, 6.45) is 2.67. The zero-order valence-electron chi connectivity index (χ0n) is 18.1. The number of fused-ring (bicyclic) bond motifs is 1. The van der Waals surface area contributed by atoms with Gasteiger partial charge in [0.1, 0.15) is 19.1 Å². The Morgan fingerprint density at radius 2 is 1.90 bits per heavy atom. The lowest BCUT2D eigenvalue weighted by Gasteiger charge is -2.40. The molecule has 0 bridgehead atoms. The summed E-state index contributed by atoms with van der Waals surface area (Å²) in [7, 11) is 0. The molecule has 3 aliphatic heterocycles. The molecule has 3 heterocycles. The van der Waals surface area contributed by atoms with Gasteiger partial charge in [-0.3, -0.25) is 9.59 Å². The van der Waals surface area contributed by atoms with Crippen molar-refractivity contribution < 1.29 is 23.8 Å². The zero-order valence-corrected chi connectivity index (χ0v) is 18.1. The molecule has 164 valence electrons. The zero-order chi connectivity index (χ0) is 21.3. The van der Waals surface area contributed by atoms with E-state index < -0.39 is 5.92 Å². The van der Waals surface area contributed by atoms with E-state index >= 15 is 0 Å². The lowest BCUT2D eigenvalue weighted by molar-refractivity contribution is -0.133. The van der Waals surface area contributed by atoms with Crippen LogP contribution in [-0.4, -0.2) is 50.8 Å². The van der Waals surface area contributed by atoms with Gasteiger partial charge in [-0.25, -0.2) is 0 Å². The third kappa shape index (κ3) is 4.26. The van der Waals surface area contributed by atoms with Gasteiger partial charge in [-0.2, -0.15) is 0 Å². The maximum absolute atomic E-state index is 13.0. The number of hydrogen-bond donors (Lipinski definition) is 1. The molecule has 3 atom stereocenters. The van der Waals surface area contributed by atoms with Crippen LogP contribution < -0.4 is 19.7 Å². The largest absolute Gasteiger partial charge is 0.486 e. The van der Waals surface area contributed by atoms with Crippen molar-refractivity contribution in [3.8, 4) is 11.5 Å². The number of ether oxygens (including phenoxy) is 3. The molecule has 2 fully saturated rings. The summed E-state index contributed by atoms with van der Waals surface area (Å²) in [6, 6.07) is 5.49. The van der Waals surface area contributed by atoms with Gasteiger partial charge in [0.15, 0.2) is 11.5 Å². The van der Waals surface area contributed by atoms with Crippen molar-refractivity contribution in [1.82, 2.24) is 5.32 Å². The topological polar surface area (TPSA) is 77.1 Å². The molecule has 2 saturated heterocycles. The van der Waals surface area contributed by atoms with Crippen LogP contribution in [0.1, 0.15) is 40.0 Å². The highest BCUT2D eigenvalue weighted by Crippen LogP contribution is 2.36. The summed E-state index contributed by atoms with van der Waals surface area (Å²) >= 11 is 0. The number of nitrogens with one attached hydrogen (secondary N) is 1. The van der Waals surface area contributed by atoms with Crippen LogP contribution >= 0.6 is 0 Å². The van der Waals surface area contributed by atoms with Gasteiger partial charge in [-0.1, -0.05) is 20.8 Å². The summed E-state index contributed by atoms with van der Waals surface area (Å²) < 4.78 is 17.2. The first-order valence-electron chi connectivity index (χ1n) is 10.9. The minimum Gasteiger partial charge on any atom is -0.486 e. The van der Waals surface area contributed by atoms with Crippen molar-refractivity contribution in [2.75, 3.05) is 37.8 Å². The molecule has 0 aromatic heterocycles. The normalized spacial score (nSPS) is 26.6. The van der Waals surface area contributed by atoms with Crippen molar-refractivity contribution in [2.24, 2.45) is 17.3 Å². The van der Waals surface area contributed by atoms with Crippen molar-refractivity contribution in [3.05, 3.63) is 18.2 Å². The van der Waals surface area contributed by atoms with Gasteiger partial charge >= 0.3 is 0 Å². The van der Waals surface area contributed by atoms with E-state index in [4.69, 9.17) is 14.2 Å². The van der Waals surface area contributed by atoms with E-state index in [-0.39, 0.29) is 29.3 Å². The van der Waals surface area contributed by atoms with Gasteiger partial charge in [0.05, 0.1) is 6.10 Å². The number of anilines is 1. The molecule has 7 nitrogen and oxygen atoms in total. The van der Waals surface area contributed by atoms with E-state index in [2.05, 4.69) is 26.1 Å². The quantitative estimate of drug-likeness (QED) is 0.764. The monoisotopic (exact) mass is 416 g/mol. The molecule has 7 heteroatoms. The van der Waals surface area contributed by atoms with Gasteiger partial charge in [0, 0.05) is 37.4 Å². The summed E-state index contributed by atoms with van der Waals surface area (Å²) in [6.45, 7) is 9.38. The van der Waals surface area contributed by atoms with Crippen LogP contribution in [0.15, 0.2) is 18.2 Å². The maximum Gasteiger partial charge on any atom is 0.239 e. The molecule has 30 heavy (non-hydrogen) atoms. The number of rotatable bonds is 4. The standard InChI is InChI=1S/C23H32N2O5/c1-23(2,3)20-15(5-4-10-30-20)14-24-21(26)17-8-9-25(22(17)27)16-6-7-18-19(13-16)29-12-11-28-18/h6-7,13,15,17,20H,4-5,8-12,14H2,1-3H3,(H,24,26)/t15-,17-,20+/m0/s1. The molecular formula is C23H32N2O5. The highest BCUT2D eigenvalue weighted by molar-refractivity contribution is 6.09. The Labute approximate surface area is 178 Å². The first-order chi connectivity index (χ1) is 14.3. The third-order valence-corrected chi connectivity index (χ3v) is 6.20. The molecule has 0 aliphatic carbocycles. The van der Waals surface area contributed by atoms with Gasteiger partial charge in [-0.15, -0.1) is 0 Å². The smallest absolute Gasteiger partial charge is 0.239 e. The van der Waals surface area contributed by atoms with Crippen LogP contribution in [0.2, 0.25) is 0 Å². The van der Waals surface area contributed by atoms with Crippen LogP contribution in [0.25, 0.3) is 0 Å². The molecule has 3 aliphatic rings. The second kappa shape index (κ2) is 8.46. The molecule has 1 aromatic rings. The first-order valence-corrected chi connectivity index (χ1v) is 10.9. The fraction of sp³-hybridized carbons (Fsp3) is 0.652. The molecule has 1 N–H and O–H groups in total. The van der Waals surface area contributed by atoms with Crippen molar-refractivity contribution >= 4 is 17.5 Å². The van der Waals surface area contributed by atoms with Gasteiger partial charge in [-0.05, 0) is 36.8 Å². The fourth-order valence-electron chi connectivity index (χ4n) is 4.74. The number of hydrogen-bond acceptors (Lipinski definition) is 5. The molecule has 0 radical (unpaired) electrons. The summed E-state index contributed by atoms with van der Waals surface area (Å²) in [5.41, 5.74) is 0.765. The highest BCUT2D eigenvalue weighted by Gasteiger charge is 2.39. The van der Waals surface area contributed by atoms with Gasteiger partial charge in [0.25, 0.3) is 0 Å². The van der Waals surface area contributed by atoms with Gasteiger partial charge < -0.3 is 24.4 Å². The van der Waals surface area contributed by atoms with E-state index in [0.717, 1.165) is 25.1 Å². The maximum atomic E-state index is 13.0. The van der Waals surface area contributed by atoms with Gasteiger partial charge in [0.2, 0.25) is 11.8 Å². The summed E-state index contributed by atoms with van der Waals surface area (Å²) in [5.74, 6) is 0.623. The van der Waals surface area contributed by atoms with Crippen LogP contribution in [0.3, 0.4) is 0 Å². The predicted octanol–water partition coefficient (Wildman–Crippen LogP) is 2.77. The molecule has 0 saturated carbocycles. The molecule has 0 spiro atoms. The summed E-state index contributed by atoms with van der Waals surface area (Å²) in [4.78, 5) is 27.4. The Bertz CT molecular complexity index is 803. The Morgan fingerprint density at radius 1 is 1.13 bits per heavy atom. The Hall–Kier alpha value is -2.28. The second-order valence-electron chi connectivity index (χ2n) is 9.46. The lowest BCUT2D eigenvalue weighted by Crippen LogP contribution is -2.46. The number of benzene rings is 1. The van der Waals surface area contributed by atoms with Crippen LogP contribution in [0.5, 0.6) is 11.5 Å². The Balaban J connectivity index is 1.37. The van der Waals surface area contributed by atoms with Crippen molar-refractivity contribution in [3.63, 3.8) is 0 Å². The third-order valence-electron chi connectivity index (χ3n) is 6.20. The van der Waals surface area contributed by atoms with E-state index in [9.17, 15) is 9.59 Å². The average molecular weight is 417 g/mol. The number of nitrogens with zero attached hydrogens (tertiary/aromatic N) is 1. The van der Waals surface area contributed by atoms with E-state index in [1.807, 2.05) is 18.2 Å². The molecule has 2 amide bonds. The van der Waals surface area contributed by atoms with Crippen LogP contribution in [0, 0.1) is 17.3 Å². The number of carbonyl (C=O) groups is 2. The van der Waals surface area contributed by atoms with E-state index in [0.29, 0.717) is 44.2 Å². The fourth-order valence-corrected chi connectivity index (χ4v) is 4.74. The van der Waals surface area contributed by atoms with Crippen molar-refractivity contribution in [2.45, 2.75) is 46.1 Å². The molecule has 0 unspecified atom stereocenters. The first kappa shape index (κ1) is 21.0. The average Bonchev–Trinajstić information content (AvgIpc) is 3.12. The molecule has 1 aromatic carbocycles. The van der Waals surface area contributed by atoms with Crippen LogP contribution in [0.4, 0.5) is 5.69 Å². The number of amides is 2. The highest BCUT2D eigenvalue weighted by atomic mass is 16.6. The van der Waals surface area contributed by atoms with E-state index in [1.54, 1.807) is 4.90 Å². The minimum absolute atomic E-state index is 0.0219. The molecule has 4 rings (SSSR count). The molecular weight excluding hydrogens is 384 g/mol. The minimum atomic E-state index is -0.643.